The maximum Gasteiger partial charge on any atom is 0.330 e. The number of rotatable bonds is 7. The number of hydrogen-bond acceptors (Lipinski definition) is 5. The van der Waals surface area contributed by atoms with Gasteiger partial charge in [-0.2, -0.15) is 0 Å². The lowest BCUT2D eigenvalue weighted by Crippen LogP contribution is -2.34. The second-order valence-corrected chi connectivity index (χ2v) is 8.22. The SMILES string of the molecule is O=C(CP(=O)(O)CCCc1ccccc1)OC(=O)[C@@H]1CCCN1. The number of carbonyl (C=O) groups excluding carboxylic acids is 2. The minimum Gasteiger partial charge on any atom is -0.392 e. The third-order valence-electron chi connectivity index (χ3n) is 3.75. The van der Waals surface area contributed by atoms with Gasteiger partial charge in [-0.05, 0) is 37.8 Å². The molecule has 0 saturated carbocycles. The summed E-state index contributed by atoms with van der Waals surface area (Å²) in [5.74, 6) is -1.58. The minimum absolute atomic E-state index is 0.0346. The summed E-state index contributed by atoms with van der Waals surface area (Å²) in [6.07, 6.45) is 2.08. The van der Waals surface area contributed by atoms with E-state index in [0.29, 0.717) is 25.8 Å². The first kappa shape index (κ1) is 17.9. The van der Waals surface area contributed by atoms with Gasteiger partial charge < -0.3 is 14.9 Å². The van der Waals surface area contributed by atoms with Gasteiger partial charge in [0.05, 0.1) is 0 Å². The summed E-state index contributed by atoms with van der Waals surface area (Å²) in [6.45, 7) is 0.714. The van der Waals surface area contributed by atoms with Crippen molar-refractivity contribution in [2.75, 3.05) is 18.9 Å². The molecule has 0 aromatic heterocycles. The molecule has 1 saturated heterocycles. The molecule has 0 bridgehead atoms. The first-order valence-electron chi connectivity index (χ1n) is 7.79. The summed E-state index contributed by atoms with van der Waals surface area (Å²) in [6, 6.07) is 9.15. The average molecular weight is 339 g/mol. The second kappa shape index (κ2) is 8.39. The molecule has 1 aliphatic heterocycles. The quantitative estimate of drug-likeness (QED) is 0.446. The van der Waals surface area contributed by atoms with Crippen LogP contribution in [0.1, 0.15) is 24.8 Å². The third-order valence-corrected chi connectivity index (χ3v) is 5.52. The van der Waals surface area contributed by atoms with E-state index in [2.05, 4.69) is 10.1 Å². The van der Waals surface area contributed by atoms with Gasteiger partial charge in [0.15, 0.2) is 0 Å². The van der Waals surface area contributed by atoms with E-state index < -0.39 is 31.5 Å². The van der Waals surface area contributed by atoms with Crippen molar-refractivity contribution in [3.05, 3.63) is 35.9 Å². The molecule has 1 unspecified atom stereocenters. The van der Waals surface area contributed by atoms with Crippen molar-refractivity contribution in [1.29, 1.82) is 0 Å². The Kier molecular flexibility index (Phi) is 6.51. The number of carbonyl (C=O) groups is 2. The van der Waals surface area contributed by atoms with E-state index in [-0.39, 0.29) is 6.16 Å². The molecule has 1 aromatic carbocycles. The molecule has 126 valence electrons. The van der Waals surface area contributed by atoms with Gasteiger partial charge in [-0.25, -0.2) is 4.79 Å². The Bertz CT molecular complexity index is 583. The summed E-state index contributed by atoms with van der Waals surface area (Å²) in [4.78, 5) is 33.2. The fraction of sp³-hybridized carbons (Fsp3) is 0.500. The van der Waals surface area contributed by atoms with E-state index in [1.165, 1.54) is 0 Å². The van der Waals surface area contributed by atoms with Gasteiger partial charge >= 0.3 is 11.9 Å². The van der Waals surface area contributed by atoms with Crippen LogP contribution in [-0.4, -0.2) is 41.7 Å². The highest BCUT2D eigenvalue weighted by molar-refractivity contribution is 7.58. The van der Waals surface area contributed by atoms with E-state index in [4.69, 9.17) is 0 Å². The molecule has 7 heteroatoms. The van der Waals surface area contributed by atoms with E-state index in [1.807, 2.05) is 30.3 Å². The van der Waals surface area contributed by atoms with Gasteiger partial charge in [0.1, 0.15) is 12.2 Å². The summed E-state index contributed by atoms with van der Waals surface area (Å²) in [5.41, 5.74) is 1.08. The Labute approximate surface area is 135 Å². The summed E-state index contributed by atoms with van der Waals surface area (Å²) < 4.78 is 16.7. The zero-order valence-corrected chi connectivity index (χ0v) is 13.8. The first-order chi connectivity index (χ1) is 11.0. The molecule has 0 amide bonds. The zero-order chi connectivity index (χ0) is 16.7. The van der Waals surface area contributed by atoms with E-state index >= 15 is 0 Å². The van der Waals surface area contributed by atoms with Crippen molar-refractivity contribution < 1.29 is 23.8 Å². The van der Waals surface area contributed by atoms with Crippen LogP contribution in [0.15, 0.2) is 30.3 Å². The van der Waals surface area contributed by atoms with Crippen molar-refractivity contribution in [3.8, 4) is 0 Å². The molecule has 1 aliphatic rings. The number of esters is 2. The lowest BCUT2D eigenvalue weighted by atomic mass is 10.1. The largest absolute Gasteiger partial charge is 0.392 e. The molecule has 0 radical (unpaired) electrons. The number of nitrogens with one attached hydrogen (secondary N) is 1. The summed E-state index contributed by atoms with van der Waals surface area (Å²) >= 11 is 0. The van der Waals surface area contributed by atoms with Gasteiger partial charge in [0.2, 0.25) is 7.37 Å². The van der Waals surface area contributed by atoms with Crippen LogP contribution in [0, 0.1) is 0 Å². The number of hydrogen-bond donors (Lipinski definition) is 2. The molecular formula is C16H22NO5P. The molecule has 1 aromatic rings. The normalized spacial score (nSPS) is 20.0. The van der Waals surface area contributed by atoms with Crippen molar-refractivity contribution in [3.63, 3.8) is 0 Å². The van der Waals surface area contributed by atoms with Crippen LogP contribution in [0.5, 0.6) is 0 Å². The predicted octanol–water partition coefficient (Wildman–Crippen LogP) is 1.71. The Morgan fingerprint density at radius 1 is 1.30 bits per heavy atom. The number of aryl methyl sites for hydroxylation is 1. The van der Waals surface area contributed by atoms with Crippen LogP contribution < -0.4 is 5.32 Å². The number of benzene rings is 1. The third kappa shape index (κ3) is 6.26. The lowest BCUT2D eigenvalue weighted by Gasteiger charge is -2.12. The van der Waals surface area contributed by atoms with Crippen LogP contribution in [0.2, 0.25) is 0 Å². The average Bonchev–Trinajstić information content (AvgIpc) is 3.01. The highest BCUT2D eigenvalue weighted by Gasteiger charge is 2.29. The van der Waals surface area contributed by atoms with E-state index in [9.17, 15) is 19.0 Å². The van der Waals surface area contributed by atoms with Gasteiger partial charge in [-0.1, -0.05) is 30.3 Å². The molecule has 1 fully saturated rings. The smallest absolute Gasteiger partial charge is 0.330 e. The highest BCUT2D eigenvalue weighted by Crippen LogP contribution is 2.41. The van der Waals surface area contributed by atoms with Crippen LogP contribution in [0.3, 0.4) is 0 Å². The summed E-state index contributed by atoms with van der Waals surface area (Å²) in [5, 5.41) is 2.92. The molecule has 6 nitrogen and oxygen atoms in total. The van der Waals surface area contributed by atoms with E-state index in [1.54, 1.807) is 0 Å². The maximum absolute atomic E-state index is 12.0. The van der Waals surface area contributed by atoms with Crippen LogP contribution in [0.4, 0.5) is 0 Å². The number of ether oxygens (including phenoxy) is 1. The predicted molar refractivity (Wildman–Crippen MR) is 86.4 cm³/mol. The van der Waals surface area contributed by atoms with E-state index in [0.717, 1.165) is 12.0 Å². The second-order valence-electron chi connectivity index (χ2n) is 5.76. The van der Waals surface area contributed by atoms with Crippen molar-refractivity contribution in [2.24, 2.45) is 0 Å². The molecule has 0 aliphatic carbocycles. The van der Waals surface area contributed by atoms with Gasteiger partial charge in [-0.3, -0.25) is 9.36 Å². The Morgan fingerprint density at radius 2 is 2.04 bits per heavy atom. The van der Waals surface area contributed by atoms with Crippen LogP contribution in [0.25, 0.3) is 0 Å². The maximum atomic E-state index is 12.0. The molecule has 2 N–H and O–H groups in total. The van der Waals surface area contributed by atoms with Gasteiger partial charge in [0, 0.05) is 6.16 Å². The monoisotopic (exact) mass is 339 g/mol. The fourth-order valence-electron chi connectivity index (χ4n) is 2.56. The van der Waals surface area contributed by atoms with Crippen LogP contribution in [-0.2, 0) is 25.3 Å². The fourth-order valence-corrected chi connectivity index (χ4v) is 3.84. The van der Waals surface area contributed by atoms with Crippen molar-refractivity contribution in [1.82, 2.24) is 5.32 Å². The standard InChI is InChI=1S/C16H22NO5P/c18-15(22-16(19)14-9-4-10-17-14)12-23(20,21)11-5-8-13-6-2-1-3-7-13/h1-3,6-7,14,17H,4-5,8-12H2,(H,20,21)/t14-/m0/s1. The first-order valence-corrected chi connectivity index (χ1v) is 9.82. The zero-order valence-electron chi connectivity index (χ0n) is 12.9. The Balaban J connectivity index is 1.72. The Morgan fingerprint density at radius 3 is 2.70 bits per heavy atom. The molecule has 0 spiro atoms. The topological polar surface area (TPSA) is 92.7 Å². The lowest BCUT2D eigenvalue weighted by molar-refractivity contribution is -0.159. The summed E-state index contributed by atoms with van der Waals surface area (Å²) in [7, 11) is -3.62. The molecule has 1 heterocycles. The Hall–Kier alpha value is -1.49. The molecule has 2 rings (SSSR count). The van der Waals surface area contributed by atoms with Gasteiger partial charge in [0.25, 0.3) is 0 Å². The van der Waals surface area contributed by atoms with Gasteiger partial charge in [-0.15, -0.1) is 0 Å². The van der Waals surface area contributed by atoms with Crippen molar-refractivity contribution >= 4 is 19.3 Å². The molecule has 2 atom stereocenters. The minimum atomic E-state index is -3.62. The highest BCUT2D eigenvalue weighted by atomic mass is 31.2. The molecular weight excluding hydrogens is 317 g/mol. The van der Waals surface area contributed by atoms with Crippen LogP contribution >= 0.6 is 7.37 Å². The van der Waals surface area contributed by atoms with Crippen molar-refractivity contribution in [2.45, 2.75) is 31.7 Å². The molecule has 23 heavy (non-hydrogen) atoms.